The summed E-state index contributed by atoms with van der Waals surface area (Å²) >= 11 is 1.64. The molecule has 1 heterocycles. The molecular weight excluding hydrogens is 390 g/mol. The van der Waals surface area contributed by atoms with E-state index in [1.54, 1.807) is 34.9 Å². The summed E-state index contributed by atoms with van der Waals surface area (Å²) in [6.07, 6.45) is 4.05. The number of esters is 1. The summed E-state index contributed by atoms with van der Waals surface area (Å²) in [7, 11) is 3.05. The highest BCUT2D eigenvalue weighted by Gasteiger charge is 2.43. The van der Waals surface area contributed by atoms with Crippen LogP contribution >= 0.6 is 11.8 Å². The molecule has 1 fully saturated rings. The highest BCUT2D eigenvalue weighted by Crippen LogP contribution is 2.38. The SMILES string of the molecule is CCCCCC1SCC(C(=O)OCC(C)C)N1C(=O)c1c(OC)cccc1OC. The lowest BCUT2D eigenvalue weighted by Crippen LogP contribution is -2.46. The Morgan fingerprint density at radius 2 is 1.83 bits per heavy atom. The van der Waals surface area contributed by atoms with Gasteiger partial charge in [0.05, 0.1) is 26.2 Å². The van der Waals surface area contributed by atoms with Gasteiger partial charge in [0.25, 0.3) is 5.91 Å². The van der Waals surface area contributed by atoms with E-state index in [2.05, 4.69) is 6.92 Å². The molecule has 0 saturated carbocycles. The summed E-state index contributed by atoms with van der Waals surface area (Å²) in [5.41, 5.74) is 0.349. The van der Waals surface area contributed by atoms with Gasteiger partial charge in [0.2, 0.25) is 0 Å². The molecule has 2 atom stereocenters. The zero-order valence-corrected chi connectivity index (χ0v) is 18.9. The third kappa shape index (κ3) is 5.81. The van der Waals surface area contributed by atoms with Crippen molar-refractivity contribution in [1.82, 2.24) is 4.90 Å². The summed E-state index contributed by atoms with van der Waals surface area (Å²) < 4.78 is 16.3. The van der Waals surface area contributed by atoms with Gasteiger partial charge in [-0.3, -0.25) is 4.79 Å². The Hall–Kier alpha value is -1.89. The number of nitrogens with zero attached hydrogens (tertiary/aromatic N) is 1. The average molecular weight is 424 g/mol. The van der Waals surface area contributed by atoms with Gasteiger partial charge >= 0.3 is 5.97 Å². The molecule has 162 valence electrons. The van der Waals surface area contributed by atoms with E-state index in [1.807, 2.05) is 13.8 Å². The standard InChI is InChI=1S/C22H33NO5S/c1-6-7-8-12-19-23(16(14-29-19)22(25)28-13-15(2)3)21(24)20-17(26-4)10-9-11-18(20)27-5/h9-11,15-16,19H,6-8,12-14H2,1-5H3. The molecule has 0 spiro atoms. The molecular formula is C22H33NO5S. The van der Waals surface area contributed by atoms with Crippen LogP contribution < -0.4 is 9.47 Å². The zero-order valence-electron chi connectivity index (χ0n) is 18.1. The second kappa shape index (κ2) is 11.3. The first-order valence-corrected chi connectivity index (χ1v) is 11.3. The predicted molar refractivity (Wildman–Crippen MR) is 116 cm³/mol. The molecule has 0 aromatic heterocycles. The molecule has 2 rings (SSSR count). The van der Waals surface area contributed by atoms with Crippen molar-refractivity contribution in [2.45, 2.75) is 57.9 Å². The van der Waals surface area contributed by atoms with Crippen LogP contribution in [0, 0.1) is 5.92 Å². The van der Waals surface area contributed by atoms with E-state index in [1.165, 1.54) is 14.2 Å². The molecule has 0 radical (unpaired) electrons. The van der Waals surface area contributed by atoms with Gasteiger partial charge in [0.15, 0.2) is 0 Å². The number of hydrogen-bond donors (Lipinski definition) is 0. The van der Waals surface area contributed by atoms with Crippen LogP contribution in [-0.2, 0) is 9.53 Å². The average Bonchev–Trinajstić information content (AvgIpc) is 3.14. The molecule has 1 amide bonds. The second-order valence-corrected chi connectivity index (χ2v) is 8.78. The molecule has 2 unspecified atom stereocenters. The van der Waals surface area contributed by atoms with Crippen LogP contribution in [0.3, 0.4) is 0 Å². The van der Waals surface area contributed by atoms with Gasteiger partial charge in [-0.1, -0.05) is 46.1 Å². The summed E-state index contributed by atoms with van der Waals surface area (Å²) in [6.45, 7) is 6.48. The van der Waals surface area contributed by atoms with Crippen LogP contribution in [0.25, 0.3) is 0 Å². The van der Waals surface area contributed by atoms with Crippen LogP contribution in [0.15, 0.2) is 18.2 Å². The van der Waals surface area contributed by atoms with Crippen LogP contribution in [0.5, 0.6) is 11.5 Å². The topological polar surface area (TPSA) is 65.1 Å². The molecule has 0 bridgehead atoms. The Morgan fingerprint density at radius 1 is 1.17 bits per heavy atom. The van der Waals surface area contributed by atoms with Crippen molar-refractivity contribution in [2.75, 3.05) is 26.6 Å². The normalized spacial score (nSPS) is 18.8. The number of ether oxygens (including phenoxy) is 3. The number of carbonyl (C=O) groups is 2. The lowest BCUT2D eigenvalue weighted by atomic mass is 10.1. The maximum Gasteiger partial charge on any atom is 0.329 e. The minimum absolute atomic E-state index is 0.0692. The number of rotatable bonds is 10. The summed E-state index contributed by atoms with van der Waals surface area (Å²) in [5.74, 6) is 1.06. The van der Waals surface area contributed by atoms with Crippen molar-refractivity contribution in [2.24, 2.45) is 5.92 Å². The third-order valence-corrected chi connectivity index (χ3v) is 6.21. The lowest BCUT2D eigenvalue weighted by Gasteiger charge is -2.29. The fourth-order valence-corrected chi connectivity index (χ4v) is 4.78. The van der Waals surface area contributed by atoms with Crippen molar-refractivity contribution >= 4 is 23.6 Å². The molecule has 1 aliphatic heterocycles. The zero-order chi connectivity index (χ0) is 21.4. The van der Waals surface area contributed by atoms with Crippen molar-refractivity contribution in [3.05, 3.63) is 23.8 Å². The highest BCUT2D eigenvalue weighted by atomic mass is 32.2. The molecule has 1 aliphatic rings. The smallest absolute Gasteiger partial charge is 0.329 e. The number of carbonyl (C=O) groups excluding carboxylic acids is 2. The summed E-state index contributed by atoms with van der Waals surface area (Å²) in [6, 6.07) is 4.64. The molecule has 1 aromatic rings. The molecule has 29 heavy (non-hydrogen) atoms. The third-order valence-electron chi connectivity index (χ3n) is 4.85. The van der Waals surface area contributed by atoms with Gasteiger partial charge in [-0.15, -0.1) is 11.8 Å². The van der Waals surface area contributed by atoms with E-state index in [0.717, 1.165) is 25.7 Å². The van der Waals surface area contributed by atoms with E-state index in [-0.39, 0.29) is 23.2 Å². The number of methoxy groups -OCH3 is 2. The minimum atomic E-state index is -0.604. The van der Waals surface area contributed by atoms with Crippen molar-refractivity contribution in [3.63, 3.8) is 0 Å². The van der Waals surface area contributed by atoms with Crippen LogP contribution in [-0.4, -0.2) is 54.8 Å². The van der Waals surface area contributed by atoms with Gasteiger partial charge < -0.3 is 19.1 Å². The van der Waals surface area contributed by atoms with Gasteiger partial charge in [0.1, 0.15) is 23.1 Å². The molecule has 0 N–H and O–H groups in total. The molecule has 0 aliphatic carbocycles. The van der Waals surface area contributed by atoms with Gasteiger partial charge in [-0.2, -0.15) is 0 Å². The number of amides is 1. The largest absolute Gasteiger partial charge is 0.496 e. The molecule has 6 nitrogen and oxygen atoms in total. The van der Waals surface area contributed by atoms with Crippen LogP contribution in [0.1, 0.15) is 56.8 Å². The van der Waals surface area contributed by atoms with E-state index in [9.17, 15) is 9.59 Å². The van der Waals surface area contributed by atoms with Crippen LogP contribution in [0.4, 0.5) is 0 Å². The maximum absolute atomic E-state index is 13.6. The number of thioether (sulfide) groups is 1. The monoisotopic (exact) mass is 423 g/mol. The van der Waals surface area contributed by atoms with Crippen molar-refractivity contribution < 1.29 is 23.8 Å². The minimum Gasteiger partial charge on any atom is -0.496 e. The van der Waals surface area contributed by atoms with E-state index in [0.29, 0.717) is 29.4 Å². The maximum atomic E-state index is 13.6. The first-order valence-electron chi connectivity index (χ1n) is 10.3. The van der Waals surface area contributed by atoms with Crippen molar-refractivity contribution in [3.8, 4) is 11.5 Å². The Kier molecular flexibility index (Phi) is 9.14. The van der Waals surface area contributed by atoms with E-state index >= 15 is 0 Å². The first kappa shape index (κ1) is 23.4. The number of unbranched alkanes of at least 4 members (excludes halogenated alkanes) is 2. The molecule has 7 heteroatoms. The Balaban J connectivity index is 2.34. The fourth-order valence-electron chi connectivity index (χ4n) is 3.34. The lowest BCUT2D eigenvalue weighted by molar-refractivity contribution is -0.149. The Labute approximate surface area is 178 Å². The highest BCUT2D eigenvalue weighted by molar-refractivity contribution is 8.00. The van der Waals surface area contributed by atoms with E-state index in [4.69, 9.17) is 14.2 Å². The summed E-state index contributed by atoms with van der Waals surface area (Å²) in [4.78, 5) is 28.1. The van der Waals surface area contributed by atoms with Gasteiger partial charge in [-0.25, -0.2) is 4.79 Å². The Morgan fingerprint density at radius 3 is 2.38 bits per heavy atom. The van der Waals surface area contributed by atoms with Gasteiger partial charge in [0, 0.05) is 5.75 Å². The second-order valence-electron chi connectivity index (χ2n) is 7.57. The van der Waals surface area contributed by atoms with Crippen molar-refractivity contribution in [1.29, 1.82) is 0 Å². The van der Waals surface area contributed by atoms with Gasteiger partial charge in [-0.05, 0) is 24.5 Å². The predicted octanol–water partition coefficient (Wildman–Crippen LogP) is 4.37. The van der Waals surface area contributed by atoms with E-state index < -0.39 is 6.04 Å². The fraction of sp³-hybridized carbons (Fsp3) is 0.636. The Bertz CT molecular complexity index is 672. The quantitative estimate of drug-likeness (QED) is 0.411. The molecule has 1 saturated heterocycles. The first-order chi connectivity index (χ1) is 13.9. The van der Waals surface area contributed by atoms with Crippen LogP contribution in [0.2, 0.25) is 0 Å². The number of hydrogen-bond acceptors (Lipinski definition) is 6. The molecule has 1 aromatic carbocycles. The summed E-state index contributed by atoms with van der Waals surface area (Å²) in [5, 5.41) is -0.0692. The number of benzene rings is 1.